The monoisotopic (exact) mass is 221 g/mol. The van der Waals surface area contributed by atoms with Crippen LogP contribution in [0.1, 0.15) is 28.7 Å². The van der Waals surface area contributed by atoms with Crippen molar-refractivity contribution in [3.05, 3.63) is 23.2 Å². The number of carboxylic acid groups (broad SMARTS) is 1. The molecule has 0 saturated carbocycles. The number of carbonyl (C=O) groups is 1. The van der Waals surface area contributed by atoms with E-state index in [4.69, 9.17) is 9.63 Å². The maximum atomic E-state index is 11.1. The van der Waals surface area contributed by atoms with E-state index >= 15 is 0 Å². The first-order valence-electron chi connectivity index (χ1n) is 4.87. The van der Waals surface area contributed by atoms with E-state index in [0.29, 0.717) is 18.0 Å². The van der Waals surface area contributed by atoms with Crippen molar-refractivity contribution in [1.82, 2.24) is 15.1 Å². The highest BCUT2D eigenvalue weighted by atomic mass is 16.5. The summed E-state index contributed by atoms with van der Waals surface area (Å²) in [5.41, 5.74) is 1.17. The summed E-state index contributed by atoms with van der Waals surface area (Å²) in [4.78, 5) is 18.1. The zero-order chi connectivity index (χ0) is 11.7. The van der Waals surface area contributed by atoms with E-state index in [1.54, 1.807) is 6.20 Å². The van der Waals surface area contributed by atoms with E-state index in [2.05, 4.69) is 15.1 Å². The van der Waals surface area contributed by atoms with Gasteiger partial charge in [-0.15, -0.1) is 0 Å². The molecule has 84 valence electrons. The Hall–Kier alpha value is -2.11. The van der Waals surface area contributed by atoms with Crippen molar-refractivity contribution < 1.29 is 14.4 Å². The van der Waals surface area contributed by atoms with Crippen LogP contribution in [0.3, 0.4) is 0 Å². The number of hydrogen-bond donors (Lipinski definition) is 2. The number of aromatic carboxylic acids is 1. The second-order valence-corrected chi connectivity index (χ2v) is 3.40. The van der Waals surface area contributed by atoms with Crippen molar-refractivity contribution in [2.24, 2.45) is 0 Å². The van der Waals surface area contributed by atoms with Crippen LogP contribution < -0.4 is 0 Å². The average molecular weight is 221 g/mol. The molecule has 2 rings (SSSR count). The molecule has 0 bridgehead atoms. The number of H-pyrrole nitrogens is 1. The first-order chi connectivity index (χ1) is 7.63. The Kier molecular flexibility index (Phi) is 2.47. The molecule has 2 heterocycles. The topological polar surface area (TPSA) is 92.0 Å². The highest BCUT2D eigenvalue weighted by Gasteiger charge is 2.23. The predicted molar refractivity (Wildman–Crippen MR) is 55.2 cm³/mol. The molecule has 0 aliphatic rings. The number of aryl methyl sites for hydroxylation is 2. The minimum absolute atomic E-state index is 0.0804. The van der Waals surface area contributed by atoms with Gasteiger partial charge in [0.15, 0.2) is 17.3 Å². The average Bonchev–Trinajstić information content (AvgIpc) is 2.82. The molecule has 0 atom stereocenters. The molecule has 2 aromatic rings. The lowest BCUT2D eigenvalue weighted by molar-refractivity contribution is 0.0695. The number of aromatic amines is 1. The van der Waals surface area contributed by atoms with Gasteiger partial charge in [0.05, 0.1) is 0 Å². The third kappa shape index (κ3) is 1.58. The fourth-order valence-corrected chi connectivity index (χ4v) is 1.48. The van der Waals surface area contributed by atoms with Gasteiger partial charge in [-0.3, -0.25) is 0 Å². The van der Waals surface area contributed by atoms with Gasteiger partial charge in [-0.05, 0) is 6.92 Å². The van der Waals surface area contributed by atoms with Crippen LogP contribution in [0, 0.1) is 6.92 Å². The van der Waals surface area contributed by atoms with Gasteiger partial charge in [0, 0.05) is 18.3 Å². The van der Waals surface area contributed by atoms with Crippen LogP contribution >= 0.6 is 0 Å². The van der Waals surface area contributed by atoms with Crippen LogP contribution in [0.15, 0.2) is 10.7 Å². The molecule has 0 aromatic carbocycles. The third-order valence-electron chi connectivity index (χ3n) is 2.22. The molecule has 0 fully saturated rings. The Morgan fingerprint density at radius 3 is 2.88 bits per heavy atom. The van der Waals surface area contributed by atoms with Gasteiger partial charge >= 0.3 is 5.97 Å². The summed E-state index contributed by atoms with van der Waals surface area (Å²) < 4.78 is 4.98. The van der Waals surface area contributed by atoms with Crippen molar-refractivity contribution in [3.8, 4) is 11.5 Å². The van der Waals surface area contributed by atoms with Crippen LogP contribution in [-0.2, 0) is 6.42 Å². The van der Waals surface area contributed by atoms with Crippen molar-refractivity contribution in [3.63, 3.8) is 0 Å². The summed E-state index contributed by atoms with van der Waals surface area (Å²) in [5.74, 6) is -0.281. The Morgan fingerprint density at radius 1 is 1.62 bits per heavy atom. The molecule has 0 aliphatic carbocycles. The second kappa shape index (κ2) is 3.80. The summed E-state index contributed by atoms with van der Waals surface area (Å²) in [6.07, 6.45) is 2.09. The smallest absolute Gasteiger partial charge is 0.341 e. The standard InChI is InChI=1S/C10H11N3O3/c1-3-6-7(10(14)15)8(13-16-6)9-11-4-5(2)12-9/h4H,3H2,1-2H3,(H,11,12)(H,14,15). The van der Waals surface area contributed by atoms with E-state index in [0.717, 1.165) is 5.69 Å². The number of aromatic nitrogens is 3. The van der Waals surface area contributed by atoms with Gasteiger partial charge in [-0.2, -0.15) is 0 Å². The van der Waals surface area contributed by atoms with Crippen molar-refractivity contribution in [2.45, 2.75) is 20.3 Å². The van der Waals surface area contributed by atoms with Crippen LogP contribution in [-0.4, -0.2) is 26.2 Å². The maximum absolute atomic E-state index is 11.1. The lowest BCUT2D eigenvalue weighted by atomic mass is 10.1. The van der Waals surface area contributed by atoms with E-state index in [9.17, 15) is 4.79 Å². The fraction of sp³-hybridized carbons (Fsp3) is 0.300. The zero-order valence-corrected chi connectivity index (χ0v) is 8.94. The van der Waals surface area contributed by atoms with E-state index < -0.39 is 5.97 Å². The predicted octanol–water partition coefficient (Wildman–Crippen LogP) is 1.63. The summed E-state index contributed by atoms with van der Waals surface area (Å²) in [5, 5.41) is 12.8. The number of rotatable bonds is 3. The van der Waals surface area contributed by atoms with Gasteiger partial charge < -0.3 is 14.6 Å². The molecule has 6 heteroatoms. The van der Waals surface area contributed by atoms with Crippen LogP contribution in [0.2, 0.25) is 0 Å². The maximum Gasteiger partial charge on any atom is 0.341 e. The number of carboxylic acids is 1. The van der Waals surface area contributed by atoms with E-state index in [1.165, 1.54) is 0 Å². The molecule has 0 unspecified atom stereocenters. The normalized spacial score (nSPS) is 10.6. The SMILES string of the molecule is CCc1onc(-c2ncc(C)[nH]2)c1C(=O)O. The molecule has 0 radical (unpaired) electrons. The summed E-state index contributed by atoms with van der Waals surface area (Å²) in [6, 6.07) is 0. The first-order valence-corrected chi connectivity index (χ1v) is 4.87. The lowest BCUT2D eigenvalue weighted by Crippen LogP contribution is -2.01. The molecular weight excluding hydrogens is 210 g/mol. The van der Waals surface area contributed by atoms with E-state index in [1.807, 2.05) is 13.8 Å². The highest BCUT2D eigenvalue weighted by Crippen LogP contribution is 2.23. The molecule has 0 amide bonds. The van der Waals surface area contributed by atoms with Gasteiger partial charge in [-0.25, -0.2) is 9.78 Å². The first kappa shape index (κ1) is 10.4. The fourth-order valence-electron chi connectivity index (χ4n) is 1.48. The minimum atomic E-state index is -1.05. The number of hydrogen-bond acceptors (Lipinski definition) is 4. The summed E-state index contributed by atoms with van der Waals surface area (Å²) in [7, 11) is 0. The Labute approximate surface area is 91.3 Å². The van der Waals surface area contributed by atoms with Gasteiger partial charge in [0.2, 0.25) is 0 Å². The van der Waals surface area contributed by atoms with Crippen LogP contribution in [0.4, 0.5) is 0 Å². The van der Waals surface area contributed by atoms with Crippen molar-refractivity contribution in [1.29, 1.82) is 0 Å². The quantitative estimate of drug-likeness (QED) is 0.821. The molecule has 2 N–H and O–H groups in total. The summed E-state index contributed by atoms with van der Waals surface area (Å²) in [6.45, 7) is 3.64. The summed E-state index contributed by atoms with van der Waals surface area (Å²) >= 11 is 0. The Balaban J connectivity index is 2.57. The number of nitrogens with zero attached hydrogens (tertiary/aromatic N) is 2. The lowest BCUT2D eigenvalue weighted by Gasteiger charge is -1.94. The molecule has 0 aliphatic heterocycles. The zero-order valence-electron chi connectivity index (χ0n) is 8.94. The van der Waals surface area contributed by atoms with Crippen molar-refractivity contribution >= 4 is 5.97 Å². The molecule has 6 nitrogen and oxygen atoms in total. The second-order valence-electron chi connectivity index (χ2n) is 3.40. The third-order valence-corrected chi connectivity index (χ3v) is 2.22. The van der Waals surface area contributed by atoms with Gasteiger partial charge in [-0.1, -0.05) is 12.1 Å². The number of imidazole rings is 1. The van der Waals surface area contributed by atoms with Crippen molar-refractivity contribution in [2.75, 3.05) is 0 Å². The number of nitrogens with one attached hydrogen (secondary N) is 1. The molecule has 2 aromatic heterocycles. The Morgan fingerprint density at radius 2 is 2.38 bits per heavy atom. The molecule has 0 spiro atoms. The molecular formula is C10H11N3O3. The molecule has 16 heavy (non-hydrogen) atoms. The largest absolute Gasteiger partial charge is 0.477 e. The highest BCUT2D eigenvalue weighted by molar-refractivity contribution is 5.94. The van der Waals surface area contributed by atoms with Crippen LogP contribution in [0.25, 0.3) is 11.5 Å². The van der Waals surface area contributed by atoms with Gasteiger partial charge in [0.1, 0.15) is 5.56 Å². The Bertz CT molecular complexity index is 527. The van der Waals surface area contributed by atoms with Gasteiger partial charge in [0.25, 0.3) is 0 Å². The minimum Gasteiger partial charge on any atom is -0.477 e. The molecule has 0 saturated heterocycles. The van der Waals surface area contributed by atoms with E-state index in [-0.39, 0.29) is 11.3 Å². The van der Waals surface area contributed by atoms with Crippen LogP contribution in [0.5, 0.6) is 0 Å².